The highest BCUT2D eigenvalue weighted by Gasteiger charge is 2.47. The minimum absolute atomic E-state index is 0.238. The van der Waals surface area contributed by atoms with Crippen LogP contribution in [0.25, 0.3) is 0 Å². The number of fused-ring (bicyclic) bond motifs is 2. The van der Waals surface area contributed by atoms with Crippen molar-refractivity contribution in [1.29, 1.82) is 0 Å². The standard InChI is InChI=1S/C29H28ClN5O5/c1-40-28(39)31-21-10-7-19(8-11-21)25(36)32-24(15-18-5-3-2-4-6-18)26(37)35-14-13-29(17-35)22-16-20(30)9-12-23(22)33-27(38)34-29/h2-12,16,24H,13-15,17H2,1H3,(H,31,39)(H,32,36)(H2,33,34,38)/t24-,29-/m0/s1. The molecular weight excluding hydrogens is 534 g/mol. The first kappa shape index (κ1) is 27.0. The third-order valence-corrected chi connectivity index (χ3v) is 7.38. The van der Waals surface area contributed by atoms with Crippen molar-refractivity contribution in [2.75, 3.05) is 30.8 Å². The Morgan fingerprint density at radius 2 is 1.82 bits per heavy atom. The summed E-state index contributed by atoms with van der Waals surface area (Å²) in [6, 6.07) is 19.8. The second kappa shape index (κ2) is 11.3. The number of rotatable bonds is 6. The summed E-state index contributed by atoms with van der Waals surface area (Å²) >= 11 is 6.28. The molecule has 40 heavy (non-hydrogen) atoms. The molecule has 4 N–H and O–H groups in total. The highest BCUT2D eigenvalue weighted by Crippen LogP contribution is 2.40. The zero-order valence-electron chi connectivity index (χ0n) is 21.7. The van der Waals surface area contributed by atoms with Crippen molar-refractivity contribution in [2.45, 2.75) is 24.4 Å². The molecule has 3 aromatic carbocycles. The molecular formula is C29H28ClN5O5. The molecule has 1 saturated heterocycles. The molecule has 3 aromatic rings. The van der Waals surface area contributed by atoms with Crippen LogP contribution in [0.4, 0.5) is 21.0 Å². The molecule has 206 valence electrons. The predicted octanol–water partition coefficient (Wildman–Crippen LogP) is 4.12. The Labute approximate surface area is 236 Å². The van der Waals surface area contributed by atoms with Crippen LogP contribution in [0, 0.1) is 0 Å². The summed E-state index contributed by atoms with van der Waals surface area (Å²) in [7, 11) is 1.26. The van der Waals surface area contributed by atoms with E-state index in [1.54, 1.807) is 47.4 Å². The van der Waals surface area contributed by atoms with Crippen molar-refractivity contribution in [3.8, 4) is 0 Å². The number of likely N-dealkylation sites (tertiary alicyclic amines) is 1. The lowest BCUT2D eigenvalue weighted by molar-refractivity contribution is -0.132. The van der Waals surface area contributed by atoms with Gasteiger partial charge in [0.15, 0.2) is 0 Å². The number of urea groups is 1. The lowest BCUT2D eigenvalue weighted by Crippen LogP contribution is -2.55. The van der Waals surface area contributed by atoms with Gasteiger partial charge in [0.1, 0.15) is 6.04 Å². The number of anilines is 2. The summed E-state index contributed by atoms with van der Waals surface area (Å²) in [5.41, 5.74) is 2.36. The number of amides is 5. The van der Waals surface area contributed by atoms with Crippen LogP contribution >= 0.6 is 11.6 Å². The molecule has 0 aliphatic carbocycles. The van der Waals surface area contributed by atoms with E-state index in [9.17, 15) is 19.2 Å². The minimum Gasteiger partial charge on any atom is -0.453 e. The van der Waals surface area contributed by atoms with Gasteiger partial charge in [0.2, 0.25) is 5.91 Å². The lowest BCUT2D eigenvalue weighted by atomic mass is 9.86. The van der Waals surface area contributed by atoms with Gasteiger partial charge < -0.3 is 25.6 Å². The zero-order valence-corrected chi connectivity index (χ0v) is 22.5. The summed E-state index contributed by atoms with van der Waals surface area (Å²) in [4.78, 5) is 52.7. The number of nitrogens with one attached hydrogen (secondary N) is 4. The SMILES string of the molecule is COC(=O)Nc1ccc(C(=O)N[C@@H](Cc2ccccc2)C(=O)N2CC[C@@]3(C2)NC(=O)Nc2ccc(Cl)cc23)cc1. The third-order valence-electron chi connectivity index (χ3n) is 7.14. The molecule has 0 radical (unpaired) electrons. The normalized spacial score (nSPS) is 18.2. The van der Waals surface area contributed by atoms with E-state index in [4.69, 9.17) is 11.6 Å². The molecule has 0 bridgehead atoms. The van der Waals surface area contributed by atoms with Gasteiger partial charge in [-0.3, -0.25) is 14.9 Å². The van der Waals surface area contributed by atoms with Crippen molar-refractivity contribution in [2.24, 2.45) is 0 Å². The van der Waals surface area contributed by atoms with E-state index in [2.05, 4.69) is 26.0 Å². The van der Waals surface area contributed by atoms with Crippen LogP contribution in [0.3, 0.4) is 0 Å². The fourth-order valence-electron chi connectivity index (χ4n) is 5.17. The van der Waals surface area contributed by atoms with E-state index in [1.165, 1.54) is 7.11 Å². The first-order valence-electron chi connectivity index (χ1n) is 12.7. The summed E-state index contributed by atoms with van der Waals surface area (Å²) < 4.78 is 4.58. The van der Waals surface area contributed by atoms with Gasteiger partial charge in [-0.15, -0.1) is 0 Å². The van der Waals surface area contributed by atoms with Gasteiger partial charge in [-0.25, -0.2) is 9.59 Å². The van der Waals surface area contributed by atoms with Crippen molar-refractivity contribution in [3.05, 3.63) is 94.5 Å². The Kier molecular flexibility index (Phi) is 7.61. The summed E-state index contributed by atoms with van der Waals surface area (Å²) in [6.45, 7) is 0.627. The van der Waals surface area contributed by atoms with Crippen LogP contribution in [-0.4, -0.2) is 55.1 Å². The average molecular weight is 562 g/mol. The van der Waals surface area contributed by atoms with Gasteiger partial charge in [-0.1, -0.05) is 41.9 Å². The smallest absolute Gasteiger partial charge is 0.411 e. The Hall–Kier alpha value is -4.57. The van der Waals surface area contributed by atoms with Gasteiger partial charge in [-0.2, -0.15) is 0 Å². The summed E-state index contributed by atoms with van der Waals surface area (Å²) in [6.07, 6.45) is 0.164. The second-order valence-corrected chi connectivity index (χ2v) is 10.2. The Bertz CT molecular complexity index is 1450. The molecule has 2 atom stereocenters. The van der Waals surface area contributed by atoms with Crippen LogP contribution < -0.4 is 21.3 Å². The van der Waals surface area contributed by atoms with E-state index in [0.29, 0.717) is 34.9 Å². The summed E-state index contributed by atoms with van der Waals surface area (Å²) in [5.74, 6) is -0.686. The quantitative estimate of drug-likeness (QED) is 0.360. The topological polar surface area (TPSA) is 129 Å². The molecule has 11 heteroatoms. The number of methoxy groups -OCH3 is 1. The maximum absolute atomic E-state index is 13.9. The molecule has 5 amide bonds. The highest BCUT2D eigenvalue weighted by atomic mass is 35.5. The number of carbonyl (C=O) groups is 4. The monoisotopic (exact) mass is 561 g/mol. The van der Waals surface area contributed by atoms with Gasteiger partial charge >= 0.3 is 12.1 Å². The Balaban J connectivity index is 1.36. The third kappa shape index (κ3) is 5.72. The van der Waals surface area contributed by atoms with Crippen LogP contribution in [0.15, 0.2) is 72.8 Å². The maximum Gasteiger partial charge on any atom is 0.411 e. The van der Waals surface area contributed by atoms with Crippen LogP contribution in [-0.2, 0) is 21.5 Å². The van der Waals surface area contributed by atoms with Crippen LogP contribution in [0.2, 0.25) is 5.02 Å². The minimum atomic E-state index is -0.853. The molecule has 5 rings (SSSR count). The number of hydrogen-bond donors (Lipinski definition) is 4. The Morgan fingerprint density at radius 3 is 2.55 bits per heavy atom. The predicted molar refractivity (Wildman–Crippen MR) is 150 cm³/mol. The highest BCUT2D eigenvalue weighted by molar-refractivity contribution is 6.30. The van der Waals surface area contributed by atoms with E-state index in [0.717, 1.165) is 11.1 Å². The van der Waals surface area contributed by atoms with Gasteiger partial charge in [-0.05, 0) is 54.4 Å². The molecule has 2 aliphatic heterocycles. The number of ether oxygens (including phenoxy) is 1. The van der Waals surface area contributed by atoms with E-state index >= 15 is 0 Å². The molecule has 2 aliphatic rings. The van der Waals surface area contributed by atoms with Crippen LogP contribution in [0.5, 0.6) is 0 Å². The molecule has 0 aromatic heterocycles. The van der Waals surface area contributed by atoms with E-state index in [1.807, 2.05) is 30.3 Å². The fourth-order valence-corrected chi connectivity index (χ4v) is 5.34. The van der Waals surface area contributed by atoms with Crippen molar-refractivity contribution in [1.82, 2.24) is 15.5 Å². The van der Waals surface area contributed by atoms with Gasteiger partial charge in [0.25, 0.3) is 5.91 Å². The molecule has 10 nitrogen and oxygen atoms in total. The van der Waals surface area contributed by atoms with Crippen molar-refractivity contribution >= 4 is 46.9 Å². The van der Waals surface area contributed by atoms with Gasteiger partial charge in [0.05, 0.1) is 12.6 Å². The van der Waals surface area contributed by atoms with Crippen LogP contribution in [0.1, 0.15) is 27.9 Å². The van der Waals surface area contributed by atoms with E-state index in [-0.39, 0.29) is 24.9 Å². The number of carbonyl (C=O) groups excluding carboxylic acids is 4. The van der Waals surface area contributed by atoms with Crippen molar-refractivity contribution in [3.63, 3.8) is 0 Å². The molecule has 1 spiro atoms. The van der Waals surface area contributed by atoms with Crippen molar-refractivity contribution < 1.29 is 23.9 Å². The summed E-state index contributed by atoms with van der Waals surface area (Å²) in [5, 5.41) is 11.8. The molecule has 2 heterocycles. The zero-order chi connectivity index (χ0) is 28.3. The first-order valence-corrected chi connectivity index (χ1v) is 13.1. The number of hydrogen-bond acceptors (Lipinski definition) is 5. The van der Waals surface area contributed by atoms with E-state index < -0.39 is 23.6 Å². The largest absolute Gasteiger partial charge is 0.453 e. The molecule has 0 saturated carbocycles. The number of nitrogens with zero attached hydrogens (tertiary/aromatic N) is 1. The fraction of sp³-hybridized carbons (Fsp3) is 0.241. The second-order valence-electron chi connectivity index (χ2n) is 9.77. The Morgan fingerprint density at radius 1 is 1.07 bits per heavy atom. The number of halogens is 1. The first-order chi connectivity index (χ1) is 19.3. The maximum atomic E-state index is 13.9. The average Bonchev–Trinajstić information content (AvgIpc) is 3.37. The molecule has 0 unspecified atom stereocenters. The lowest BCUT2D eigenvalue weighted by Gasteiger charge is -2.37. The van der Waals surface area contributed by atoms with Gasteiger partial charge in [0, 0.05) is 47.0 Å². The molecule has 1 fully saturated rings. The number of benzene rings is 3.